The predicted octanol–water partition coefficient (Wildman–Crippen LogP) is 3.06. The highest BCUT2D eigenvalue weighted by Gasteiger charge is 2.36. The maximum atomic E-state index is 12.9. The monoisotopic (exact) mass is 442 g/mol. The van der Waals surface area contributed by atoms with Crippen LogP contribution in [0.5, 0.6) is 5.88 Å². The van der Waals surface area contributed by atoms with Gasteiger partial charge in [0.2, 0.25) is 0 Å². The third-order valence-electron chi connectivity index (χ3n) is 4.53. The van der Waals surface area contributed by atoms with Crippen LogP contribution in [0.4, 0.5) is 0 Å². The van der Waals surface area contributed by atoms with E-state index in [1.54, 1.807) is 35.2 Å². The van der Waals surface area contributed by atoms with Gasteiger partial charge in [-0.05, 0) is 11.6 Å². The number of hydrogen-bond acceptors (Lipinski definition) is 6. The highest BCUT2D eigenvalue weighted by molar-refractivity contribution is 7.15. The van der Waals surface area contributed by atoms with Crippen LogP contribution < -0.4 is 4.40 Å². The van der Waals surface area contributed by atoms with E-state index in [1.807, 2.05) is 30.3 Å². The Hall–Kier alpha value is -3.23. The van der Waals surface area contributed by atoms with Gasteiger partial charge in [0.15, 0.2) is 4.47 Å². The molecular formula is C21H17ClN3O4S+. The average Bonchev–Trinajstić information content (AvgIpc) is 3.29. The summed E-state index contributed by atoms with van der Waals surface area (Å²) in [6.45, 7) is 0.282. The number of ketones is 1. The zero-order valence-corrected chi connectivity index (χ0v) is 17.3. The molecular weight excluding hydrogens is 426 g/mol. The summed E-state index contributed by atoms with van der Waals surface area (Å²) in [5.41, 5.74) is 1.39. The lowest BCUT2D eigenvalue weighted by molar-refractivity contribution is -0.521. The van der Waals surface area contributed by atoms with Gasteiger partial charge >= 0.3 is 17.6 Å². The lowest BCUT2D eigenvalue weighted by Gasteiger charge is -2.04. The second-order valence-corrected chi connectivity index (χ2v) is 8.16. The Labute approximate surface area is 180 Å². The SMILES string of the molecule is O=C(OCCc1ccccc1)C(=O)c1c(O)[n+]2ccccc2n1Cc1cnc(Cl)s1. The Kier molecular flexibility index (Phi) is 5.78. The van der Waals surface area contributed by atoms with Crippen molar-refractivity contribution >= 4 is 40.3 Å². The fourth-order valence-corrected chi connectivity index (χ4v) is 4.11. The number of ether oxygens (including phenoxy) is 1. The van der Waals surface area contributed by atoms with Crippen molar-refractivity contribution in [3.8, 4) is 5.88 Å². The summed E-state index contributed by atoms with van der Waals surface area (Å²) in [4.78, 5) is 30.1. The lowest BCUT2D eigenvalue weighted by atomic mass is 10.2. The van der Waals surface area contributed by atoms with Crippen molar-refractivity contribution in [1.29, 1.82) is 0 Å². The van der Waals surface area contributed by atoms with E-state index in [-0.39, 0.29) is 24.7 Å². The third-order valence-corrected chi connectivity index (χ3v) is 5.63. The van der Waals surface area contributed by atoms with E-state index < -0.39 is 11.8 Å². The number of carbonyl (C=O) groups excluding carboxylic acids is 2. The number of nitrogens with zero attached hydrogens (tertiary/aromatic N) is 3. The van der Waals surface area contributed by atoms with E-state index in [2.05, 4.69) is 4.98 Å². The van der Waals surface area contributed by atoms with Crippen molar-refractivity contribution in [2.24, 2.45) is 0 Å². The summed E-state index contributed by atoms with van der Waals surface area (Å²) < 4.78 is 8.53. The minimum absolute atomic E-state index is 0.0627. The third kappa shape index (κ3) is 4.05. The fourth-order valence-electron chi connectivity index (χ4n) is 3.15. The molecule has 9 heteroatoms. The average molecular weight is 443 g/mol. The van der Waals surface area contributed by atoms with Crippen molar-refractivity contribution < 1.29 is 23.8 Å². The van der Waals surface area contributed by atoms with Gasteiger partial charge in [0.25, 0.3) is 11.3 Å². The maximum Gasteiger partial charge on any atom is 0.383 e. The number of carbonyl (C=O) groups is 2. The number of aromatic hydroxyl groups is 1. The number of aromatic nitrogens is 3. The maximum absolute atomic E-state index is 12.9. The first-order valence-corrected chi connectivity index (χ1v) is 10.3. The molecule has 0 amide bonds. The van der Waals surface area contributed by atoms with Crippen LogP contribution in [0.25, 0.3) is 5.65 Å². The molecule has 1 aromatic carbocycles. The Morgan fingerprint density at radius 3 is 2.67 bits per heavy atom. The number of halogens is 1. The number of esters is 1. The molecule has 3 aromatic heterocycles. The van der Waals surface area contributed by atoms with Crippen LogP contribution in [0.15, 0.2) is 60.9 Å². The van der Waals surface area contributed by atoms with Crippen molar-refractivity contribution in [3.63, 3.8) is 0 Å². The molecule has 0 aliphatic carbocycles. The van der Waals surface area contributed by atoms with Gasteiger partial charge < -0.3 is 9.84 Å². The Bertz CT molecular complexity index is 1220. The second kappa shape index (κ2) is 8.64. The van der Waals surface area contributed by atoms with E-state index >= 15 is 0 Å². The van der Waals surface area contributed by atoms with Crippen LogP contribution in [0.1, 0.15) is 20.9 Å². The summed E-state index contributed by atoms with van der Waals surface area (Å²) in [6.07, 6.45) is 3.69. The fraction of sp³-hybridized carbons (Fsp3) is 0.143. The van der Waals surface area contributed by atoms with E-state index in [0.29, 0.717) is 16.5 Å². The predicted molar refractivity (Wildman–Crippen MR) is 111 cm³/mol. The zero-order valence-electron chi connectivity index (χ0n) is 15.7. The summed E-state index contributed by atoms with van der Waals surface area (Å²) in [7, 11) is 0. The molecule has 0 radical (unpaired) electrons. The van der Waals surface area contributed by atoms with Crippen LogP contribution >= 0.6 is 22.9 Å². The standard InChI is InChI=1S/C21H16ClN3O4S/c22-21-23-12-15(30-21)13-25-16-8-4-5-10-24(16)19(27)17(25)18(26)20(28)29-11-9-14-6-2-1-3-7-14/h1-8,10,12H,9,11,13H2/p+1. The molecule has 0 unspecified atom stereocenters. The number of imidazole rings is 1. The van der Waals surface area contributed by atoms with Gasteiger partial charge in [0, 0.05) is 18.7 Å². The quantitative estimate of drug-likeness (QED) is 0.206. The van der Waals surface area contributed by atoms with Crippen molar-refractivity contribution in [1.82, 2.24) is 9.55 Å². The molecule has 0 aliphatic rings. The van der Waals surface area contributed by atoms with Crippen LogP contribution in [-0.2, 0) is 22.5 Å². The Morgan fingerprint density at radius 1 is 1.17 bits per heavy atom. The molecule has 4 rings (SSSR count). The number of thiazole rings is 1. The highest BCUT2D eigenvalue weighted by atomic mass is 35.5. The minimum atomic E-state index is -1.02. The van der Waals surface area contributed by atoms with E-state index in [0.717, 1.165) is 10.4 Å². The highest BCUT2D eigenvalue weighted by Crippen LogP contribution is 2.24. The zero-order chi connectivity index (χ0) is 21.1. The van der Waals surface area contributed by atoms with Crippen LogP contribution in [-0.4, -0.2) is 33.0 Å². The van der Waals surface area contributed by atoms with Crippen LogP contribution in [0.3, 0.4) is 0 Å². The van der Waals surface area contributed by atoms with Crippen molar-refractivity contribution in [2.45, 2.75) is 13.0 Å². The summed E-state index contributed by atoms with van der Waals surface area (Å²) in [6, 6.07) is 14.7. The summed E-state index contributed by atoms with van der Waals surface area (Å²) in [5, 5.41) is 10.7. The largest absolute Gasteiger partial charge is 0.474 e. The number of pyridine rings is 1. The summed E-state index contributed by atoms with van der Waals surface area (Å²) in [5.74, 6) is -2.26. The molecule has 3 heterocycles. The molecule has 1 N–H and O–H groups in total. The van der Waals surface area contributed by atoms with Crippen LogP contribution in [0.2, 0.25) is 4.47 Å². The van der Waals surface area contributed by atoms with Gasteiger partial charge in [0.05, 0.1) is 17.7 Å². The Morgan fingerprint density at radius 2 is 1.93 bits per heavy atom. The van der Waals surface area contributed by atoms with E-state index in [9.17, 15) is 14.7 Å². The number of Topliss-reactive ketones (excluding diaryl/α,β-unsaturated/α-hetero) is 1. The first-order chi connectivity index (χ1) is 14.5. The first-order valence-electron chi connectivity index (χ1n) is 9.12. The number of rotatable bonds is 7. The van der Waals surface area contributed by atoms with E-state index in [1.165, 1.54) is 15.7 Å². The molecule has 30 heavy (non-hydrogen) atoms. The normalized spacial score (nSPS) is 11.0. The lowest BCUT2D eigenvalue weighted by Crippen LogP contribution is -2.22. The number of benzene rings is 1. The molecule has 0 saturated heterocycles. The van der Waals surface area contributed by atoms with Crippen molar-refractivity contribution in [2.75, 3.05) is 6.61 Å². The second-order valence-electron chi connectivity index (χ2n) is 6.47. The molecule has 0 spiro atoms. The molecule has 7 nitrogen and oxygen atoms in total. The Balaban J connectivity index is 1.60. The van der Waals surface area contributed by atoms with Gasteiger partial charge in [0.1, 0.15) is 6.54 Å². The molecule has 152 valence electrons. The van der Waals surface area contributed by atoms with Gasteiger partial charge in [-0.25, -0.2) is 14.3 Å². The van der Waals surface area contributed by atoms with Gasteiger partial charge in [-0.2, -0.15) is 4.40 Å². The molecule has 0 saturated carbocycles. The first kappa shape index (κ1) is 20.1. The molecule has 0 atom stereocenters. The van der Waals surface area contributed by atoms with Gasteiger partial charge in [-0.1, -0.05) is 48.0 Å². The topological polar surface area (TPSA) is 85.5 Å². The summed E-state index contributed by atoms with van der Waals surface area (Å²) >= 11 is 7.17. The number of hydrogen-bond donors (Lipinski definition) is 1. The molecule has 0 bridgehead atoms. The molecule has 4 aromatic rings. The van der Waals surface area contributed by atoms with Crippen LogP contribution in [0, 0.1) is 0 Å². The molecule has 0 fully saturated rings. The minimum Gasteiger partial charge on any atom is -0.474 e. The smallest absolute Gasteiger partial charge is 0.383 e. The van der Waals surface area contributed by atoms with Gasteiger partial charge in [-0.15, -0.1) is 11.3 Å². The number of fused-ring (bicyclic) bond motifs is 1. The van der Waals surface area contributed by atoms with Crippen molar-refractivity contribution in [3.05, 3.63) is 81.5 Å². The van der Waals surface area contributed by atoms with E-state index in [4.69, 9.17) is 16.3 Å². The molecule has 0 aliphatic heterocycles. The van der Waals surface area contributed by atoms with Gasteiger partial charge in [-0.3, -0.25) is 4.79 Å².